The minimum atomic E-state index is -4.51. The molecule has 1 rings (SSSR count). The van der Waals surface area contributed by atoms with Crippen molar-refractivity contribution in [2.45, 2.75) is 44.8 Å². The molecule has 11 heteroatoms. The normalized spacial score (nSPS) is 12.8. The van der Waals surface area contributed by atoms with E-state index >= 15 is 0 Å². The highest BCUT2D eigenvalue weighted by molar-refractivity contribution is 7.87. The van der Waals surface area contributed by atoms with Crippen LogP contribution in [0, 0.1) is 10.1 Å². The Morgan fingerprint density at radius 3 is 2.08 bits per heavy atom. The van der Waals surface area contributed by atoms with Gasteiger partial charge in [-0.25, -0.2) is 0 Å². The molecule has 1 aromatic carbocycles. The molecule has 0 N–H and O–H groups in total. The monoisotopic (exact) mass is 381 g/mol. The van der Waals surface area contributed by atoms with E-state index in [-0.39, 0.29) is 0 Å². The SMILES string of the molecule is CC(C)OP(=O)(COS(=O)(=O)c1ccccc1[N+](=O)[O-])OC(C)C. The Hall–Kier alpha value is -1.32. The summed E-state index contributed by atoms with van der Waals surface area (Å²) < 4.78 is 52.1. The summed E-state index contributed by atoms with van der Waals surface area (Å²) >= 11 is 0. The van der Waals surface area contributed by atoms with E-state index in [4.69, 9.17) is 13.2 Å². The van der Waals surface area contributed by atoms with Gasteiger partial charge in [-0.05, 0) is 33.8 Å². The van der Waals surface area contributed by atoms with Crippen LogP contribution in [0.2, 0.25) is 0 Å². The van der Waals surface area contributed by atoms with Gasteiger partial charge in [0.1, 0.15) is 0 Å². The second kappa shape index (κ2) is 8.17. The van der Waals surface area contributed by atoms with E-state index in [1.54, 1.807) is 27.7 Å². The zero-order valence-corrected chi connectivity index (χ0v) is 15.5. The van der Waals surface area contributed by atoms with Crippen molar-refractivity contribution < 1.29 is 31.1 Å². The fraction of sp³-hybridized carbons (Fsp3) is 0.538. The Balaban J connectivity index is 3.06. The maximum absolute atomic E-state index is 12.6. The summed E-state index contributed by atoms with van der Waals surface area (Å²) in [7, 11) is -8.37. The van der Waals surface area contributed by atoms with Crippen molar-refractivity contribution in [1.82, 2.24) is 0 Å². The third kappa shape index (κ3) is 5.95. The smallest absolute Gasteiger partial charge is 0.304 e. The maximum Gasteiger partial charge on any atom is 0.358 e. The van der Waals surface area contributed by atoms with Gasteiger partial charge in [0, 0.05) is 6.07 Å². The number of hydrogen-bond acceptors (Lipinski definition) is 8. The molecule has 0 radical (unpaired) electrons. The third-order valence-corrected chi connectivity index (χ3v) is 5.86. The highest BCUT2D eigenvalue weighted by Gasteiger charge is 2.33. The zero-order valence-electron chi connectivity index (χ0n) is 13.7. The van der Waals surface area contributed by atoms with Crippen LogP contribution in [-0.4, -0.2) is 31.9 Å². The Kier molecular flexibility index (Phi) is 7.06. The largest absolute Gasteiger partial charge is 0.358 e. The first-order valence-corrected chi connectivity index (χ1v) is 10.2. The predicted octanol–water partition coefficient (Wildman–Crippen LogP) is 3.30. The lowest BCUT2D eigenvalue weighted by Gasteiger charge is -2.22. The van der Waals surface area contributed by atoms with E-state index in [1.165, 1.54) is 12.1 Å². The Labute approximate surface area is 140 Å². The lowest BCUT2D eigenvalue weighted by molar-refractivity contribution is -0.387. The number of hydrogen-bond donors (Lipinski definition) is 0. The Morgan fingerprint density at radius 1 is 1.12 bits per heavy atom. The van der Waals surface area contributed by atoms with E-state index in [0.717, 1.165) is 12.1 Å². The summed E-state index contributed by atoms with van der Waals surface area (Å²) in [6.45, 7) is 6.42. The van der Waals surface area contributed by atoms with Crippen molar-refractivity contribution >= 4 is 23.4 Å². The van der Waals surface area contributed by atoms with Crippen molar-refractivity contribution in [2.24, 2.45) is 0 Å². The van der Waals surface area contributed by atoms with Gasteiger partial charge in [-0.2, -0.15) is 8.42 Å². The number of benzene rings is 1. The first-order valence-electron chi connectivity index (χ1n) is 7.05. The summed E-state index contributed by atoms with van der Waals surface area (Å²) in [4.78, 5) is 9.47. The first-order chi connectivity index (χ1) is 11.0. The van der Waals surface area contributed by atoms with Crippen LogP contribution in [0.5, 0.6) is 0 Å². The number of nitro groups is 1. The van der Waals surface area contributed by atoms with Gasteiger partial charge < -0.3 is 9.05 Å². The van der Waals surface area contributed by atoms with Gasteiger partial charge >= 0.3 is 17.7 Å². The number of rotatable bonds is 9. The molecule has 136 valence electrons. The van der Waals surface area contributed by atoms with E-state index in [0.29, 0.717) is 0 Å². The molecule has 9 nitrogen and oxygen atoms in total. The van der Waals surface area contributed by atoms with Crippen molar-refractivity contribution in [3.8, 4) is 0 Å². The van der Waals surface area contributed by atoms with Crippen LogP contribution in [0.3, 0.4) is 0 Å². The fourth-order valence-corrected chi connectivity index (χ4v) is 5.04. The summed E-state index contributed by atoms with van der Waals surface area (Å²) in [6, 6.07) is 4.71. The van der Waals surface area contributed by atoms with Crippen LogP contribution in [0.1, 0.15) is 27.7 Å². The minimum absolute atomic E-state index is 0.494. The highest BCUT2D eigenvalue weighted by atomic mass is 32.2. The second-order valence-electron chi connectivity index (χ2n) is 5.35. The average Bonchev–Trinajstić information content (AvgIpc) is 2.43. The average molecular weight is 381 g/mol. The van der Waals surface area contributed by atoms with Crippen LogP contribution in [0.15, 0.2) is 29.2 Å². The summed E-state index contributed by atoms with van der Waals surface area (Å²) in [5, 5.41) is 10.9. The molecule has 0 unspecified atom stereocenters. The van der Waals surface area contributed by atoms with Crippen LogP contribution in [0.4, 0.5) is 5.69 Å². The molecular formula is C13H20NO8PS. The predicted molar refractivity (Wildman–Crippen MR) is 86.3 cm³/mol. The van der Waals surface area contributed by atoms with Gasteiger partial charge in [0.2, 0.25) is 0 Å². The number of para-hydroxylation sites is 1. The van der Waals surface area contributed by atoms with Crippen LogP contribution in [-0.2, 0) is 27.9 Å². The number of nitro benzene ring substituents is 1. The van der Waals surface area contributed by atoms with Crippen molar-refractivity contribution in [1.29, 1.82) is 0 Å². The lowest BCUT2D eigenvalue weighted by atomic mass is 10.3. The van der Waals surface area contributed by atoms with Crippen molar-refractivity contribution in [3.05, 3.63) is 34.4 Å². The standard InChI is InChI=1S/C13H20NO8PS/c1-10(2)21-23(17,22-11(3)4)9-20-24(18,19)13-8-6-5-7-12(13)14(15)16/h5-8,10-11H,9H2,1-4H3. The molecule has 0 aromatic heterocycles. The first kappa shape index (κ1) is 20.7. The Bertz CT molecular complexity index is 717. The van der Waals surface area contributed by atoms with E-state index in [1.807, 2.05) is 0 Å². The molecule has 0 aliphatic rings. The van der Waals surface area contributed by atoms with E-state index in [2.05, 4.69) is 0 Å². The topological polar surface area (TPSA) is 122 Å². The molecule has 0 aliphatic carbocycles. The van der Waals surface area contributed by atoms with Gasteiger partial charge in [-0.15, -0.1) is 0 Å². The van der Waals surface area contributed by atoms with Crippen LogP contribution < -0.4 is 0 Å². The highest BCUT2D eigenvalue weighted by Crippen LogP contribution is 2.51. The molecule has 0 fully saturated rings. The second-order valence-corrected chi connectivity index (χ2v) is 8.83. The van der Waals surface area contributed by atoms with Crippen LogP contribution >= 0.6 is 7.60 Å². The quantitative estimate of drug-likeness (QED) is 0.276. The molecule has 0 saturated carbocycles. The van der Waals surface area contributed by atoms with Crippen molar-refractivity contribution in [3.63, 3.8) is 0 Å². The van der Waals surface area contributed by atoms with Gasteiger partial charge in [0.25, 0.3) is 5.69 Å². The maximum atomic E-state index is 12.6. The molecule has 0 saturated heterocycles. The summed E-state index contributed by atoms with van der Waals surface area (Å²) in [6.07, 6.45) is -1.86. The zero-order chi connectivity index (χ0) is 18.5. The third-order valence-electron chi connectivity index (χ3n) is 2.44. The molecule has 0 bridgehead atoms. The molecule has 0 spiro atoms. The van der Waals surface area contributed by atoms with Gasteiger partial charge in [-0.3, -0.25) is 18.9 Å². The van der Waals surface area contributed by atoms with E-state index in [9.17, 15) is 23.1 Å². The molecule has 24 heavy (non-hydrogen) atoms. The fourth-order valence-electron chi connectivity index (χ4n) is 1.74. The molecule has 0 atom stereocenters. The molecule has 0 aliphatic heterocycles. The summed E-state index contributed by atoms with van der Waals surface area (Å²) in [5.41, 5.74) is -0.637. The molecule has 0 heterocycles. The molecular weight excluding hydrogens is 361 g/mol. The number of nitrogens with zero attached hydrogens (tertiary/aromatic N) is 1. The Morgan fingerprint density at radius 2 is 1.62 bits per heavy atom. The van der Waals surface area contributed by atoms with Gasteiger partial charge in [-0.1, -0.05) is 12.1 Å². The molecule has 0 amide bonds. The van der Waals surface area contributed by atoms with Gasteiger partial charge in [0.15, 0.2) is 11.2 Å². The van der Waals surface area contributed by atoms with Crippen LogP contribution in [0.25, 0.3) is 0 Å². The van der Waals surface area contributed by atoms with E-state index < -0.39 is 51.8 Å². The molecule has 1 aromatic rings. The lowest BCUT2D eigenvalue weighted by Crippen LogP contribution is -2.15. The summed E-state index contributed by atoms with van der Waals surface area (Å²) in [5.74, 6) is 0. The minimum Gasteiger partial charge on any atom is -0.304 e. The van der Waals surface area contributed by atoms with Gasteiger partial charge in [0.05, 0.1) is 17.1 Å². The van der Waals surface area contributed by atoms with Crippen molar-refractivity contribution in [2.75, 3.05) is 6.35 Å².